The number of anilines is 1. The lowest BCUT2D eigenvalue weighted by atomic mass is 10.2. The Balaban J connectivity index is 2.21. The quantitative estimate of drug-likeness (QED) is 0.707. The highest BCUT2D eigenvalue weighted by atomic mass is 79.9. The summed E-state index contributed by atoms with van der Waals surface area (Å²) in [5.41, 5.74) is 0.132. The third kappa shape index (κ3) is 3.02. The van der Waals surface area contributed by atoms with E-state index in [1.165, 1.54) is 11.3 Å². The van der Waals surface area contributed by atoms with E-state index in [2.05, 4.69) is 21.2 Å². The van der Waals surface area contributed by atoms with Gasteiger partial charge in [-0.1, -0.05) is 11.6 Å². The molecule has 2 rings (SSSR count). The van der Waals surface area contributed by atoms with Crippen LogP contribution in [-0.2, 0) is 0 Å². The van der Waals surface area contributed by atoms with Gasteiger partial charge in [0.05, 0.1) is 20.5 Å². The monoisotopic (exact) mass is 351 g/mol. The summed E-state index contributed by atoms with van der Waals surface area (Å²) in [5, 5.41) is 2.92. The van der Waals surface area contributed by atoms with Crippen LogP contribution in [-0.4, -0.2) is 0 Å². The van der Waals surface area contributed by atoms with E-state index in [-0.39, 0.29) is 16.2 Å². The molecule has 1 N–H and O–H groups in total. The second-order valence-electron chi connectivity index (χ2n) is 3.75. The summed E-state index contributed by atoms with van der Waals surface area (Å²) in [5.74, 6) is -1.01. The topological polar surface area (TPSA) is 12.0 Å². The molecule has 96 valence electrons. The first kappa shape index (κ1) is 13.8. The minimum absolute atomic E-state index is 0.109. The number of hydrogen-bond donors (Lipinski definition) is 1. The summed E-state index contributed by atoms with van der Waals surface area (Å²) in [4.78, 5) is 0.961. The summed E-state index contributed by atoms with van der Waals surface area (Å²) in [6.45, 7) is 1.86. The van der Waals surface area contributed by atoms with Crippen molar-refractivity contribution in [3.63, 3.8) is 0 Å². The largest absolute Gasteiger partial charge is 0.375 e. The summed E-state index contributed by atoms with van der Waals surface area (Å²) in [6.07, 6.45) is 0. The van der Waals surface area contributed by atoms with Crippen LogP contribution in [0.5, 0.6) is 0 Å². The Bertz CT molecular complexity index is 573. The Morgan fingerprint density at radius 1 is 1.28 bits per heavy atom. The molecule has 0 saturated heterocycles. The van der Waals surface area contributed by atoms with Gasteiger partial charge in [-0.25, -0.2) is 8.78 Å². The van der Waals surface area contributed by atoms with Gasteiger partial charge in [-0.15, -0.1) is 11.3 Å². The second-order valence-corrected chi connectivity index (χ2v) is 6.36. The Labute approximate surface area is 121 Å². The summed E-state index contributed by atoms with van der Waals surface area (Å²) >= 11 is 10.2. The maximum absolute atomic E-state index is 13.6. The van der Waals surface area contributed by atoms with Crippen molar-refractivity contribution < 1.29 is 8.78 Å². The first-order valence-corrected chi connectivity index (χ1v) is 7.12. The summed E-state index contributed by atoms with van der Waals surface area (Å²) < 4.78 is 27.8. The summed E-state index contributed by atoms with van der Waals surface area (Å²) in [7, 11) is 0. The summed E-state index contributed by atoms with van der Waals surface area (Å²) in [6, 6.07) is 5.73. The molecule has 1 atom stereocenters. The number of halogens is 4. The molecule has 2 aromatic rings. The molecule has 0 amide bonds. The Morgan fingerprint density at radius 3 is 2.61 bits per heavy atom. The highest BCUT2D eigenvalue weighted by molar-refractivity contribution is 9.10. The van der Waals surface area contributed by atoms with Gasteiger partial charge in [-0.05, 0) is 41.1 Å². The van der Waals surface area contributed by atoms with Gasteiger partial charge in [-0.2, -0.15) is 0 Å². The third-order valence-electron chi connectivity index (χ3n) is 2.40. The van der Waals surface area contributed by atoms with Crippen molar-refractivity contribution in [3.05, 3.63) is 49.6 Å². The van der Waals surface area contributed by atoms with E-state index in [4.69, 9.17) is 11.6 Å². The van der Waals surface area contributed by atoms with E-state index < -0.39 is 11.6 Å². The minimum Gasteiger partial charge on any atom is -0.375 e. The lowest BCUT2D eigenvalue weighted by Gasteiger charge is -2.14. The van der Waals surface area contributed by atoms with Gasteiger partial charge in [-0.3, -0.25) is 0 Å². The molecule has 0 radical (unpaired) electrons. The van der Waals surface area contributed by atoms with Gasteiger partial charge < -0.3 is 5.32 Å². The molecule has 0 aliphatic carbocycles. The molecule has 0 bridgehead atoms. The molecule has 0 fully saturated rings. The van der Waals surface area contributed by atoms with Gasteiger partial charge in [0.15, 0.2) is 0 Å². The molecule has 0 aliphatic rings. The fourth-order valence-corrected chi connectivity index (χ4v) is 2.88. The predicted molar refractivity (Wildman–Crippen MR) is 75.4 cm³/mol. The van der Waals surface area contributed by atoms with Crippen molar-refractivity contribution >= 4 is 44.6 Å². The molecule has 1 aromatic heterocycles. The maximum Gasteiger partial charge on any atom is 0.147 e. The van der Waals surface area contributed by atoms with Crippen molar-refractivity contribution in [1.29, 1.82) is 0 Å². The van der Waals surface area contributed by atoms with E-state index >= 15 is 0 Å². The highest BCUT2D eigenvalue weighted by Crippen LogP contribution is 2.31. The van der Waals surface area contributed by atoms with E-state index in [1.807, 2.05) is 13.0 Å². The molecule has 18 heavy (non-hydrogen) atoms. The second kappa shape index (κ2) is 5.55. The first-order chi connectivity index (χ1) is 8.47. The molecule has 0 spiro atoms. The first-order valence-electron chi connectivity index (χ1n) is 5.13. The molecular formula is C12H9BrClF2NS. The van der Waals surface area contributed by atoms with E-state index in [0.717, 1.165) is 17.0 Å². The SMILES string of the molecule is CC(Nc1cc(F)c(Br)cc1F)c1ccc(Cl)s1. The molecule has 0 saturated carbocycles. The van der Waals surface area contributed by atoms with Crippen LogP contribution < -0.4 is 5.32 Å². The average Bonchev–Trinajstić information content (AvgIpc) is 2.73. The molecule has 6 heteroatoms. The molecular weight excluding hydrogens is 344 g/mol. The van der Waals surface area contributed by atoms with Crippen LogP contribution in [0.3, 0.4) is 0 Å². The number of nitrogens with one attached hydrogen (secondary N) is 1. The van der Waals surface area contributed by atoms with E-state index in [0.29, 0.717) is 4.34 Å². The molecule has 1 heterocycles. The predicted octanol–water partition coefficient (Wildman–Crippen LogP) is 5.62. The standard InChI is InChI=1S/C12H9BrClF2NS/c1-6(11-2-3-12(14)18-11)17-10-5-8(15)7(13)4-9(10)16/h2-6,17H,1H3. The molecule has 1 nitrogen and oxygen atoms in total. The average molecular weight is 353 g/mol. The Kier molecular flexibility index (Phi) is 4.25. The van der Waals surface area contributed by atoms with E-state index in [1.54, 1.807) is 6.07 Å². The Hall–Kier alpha value is -0.650. The highest BCUT2D eigenvalue weighted by Gasteiger charge is 2.13. The fraction of sp³-hybridized carbons (Fsp3) is 0.167. The van der Waals surface area contributed by atoms with Crippen LogP contribution in [0.4, 0.5) is 14.5 Å². The van der Waals surface area contributed by atoms with Crippen molar-refractivity contribution in [2.75, 3.05) is 5.32 Å². The molecule has 1 unspecified atom stereocenters. The smallest absolute Gasteiger partial charge is 0.147 e. The van der Waals surface area contributed by atoms with Crippen LogP contribution in [0.2, 0.25) is 4.34 Å². The minimum atomic E-state index is -0.504. The van der Waals surface area contributed by atoms with Crippen LogP contribution in [0.15, 0.2) is 28.7 Å². The van der Waals surface area contributed by atoms with Crippen molar-refractivity contribution in [3.8, 4) is 0 Å². The third-order valence-corrected chi connectivity index (χ3v) is 4.42. The number of benzene rings is 1. The van der Waals surface area contributed by atoms with Crippen molar-refractivity contribution in [1.82, 2.24) is 0 Å². The number of thiophene rings is 1. The maximum atomic E-state index is 13.6. The number of hydrogen-bond acceptors (Lipinski definition) is 2. The fourth-order valence-electron chi connectivity index (χ4n) is 1.50. The van der Waals surface area contributed by atoms with E-state index in [9.17, 15) is 8.78 Å². The van der Waals surface area contributed by atoms with Crippen molar-refractivity contribution in [2.45, 2.75) is 13.0 Å². The molecule has 0 aliphatic heterocycles. The van der Waals surface area contributed by atoms with Crippen LogP contribution in [0.25, 0.3) is 0 Å². The zero-order chi connectivity index (χ0) is 13.3. The van der Waals surface area contributed by atoms with Crippen LogP contribution >= 0.6 is 38.9 Å². The zero-order valence-electron chi connectivity index (χ0n) is 9.31. The lowest BCUT2D eigenvalue weighted by Crippen LogP contribution is -2.06. The van der Waals surface area contributed by atoms with Gasteiger partial charge >= 0.3 is 0 Å². The van der Waals surface area contributed by atoms with Crippen molar-refractivity contribution in [2.24, 2.45) is 0 Å². The lowest BCUT2D eigenvalue weighted by molar-refractivity contribution is 0.595. The van der Waals surface area contributed by atoms with Gasteiger partial charge in [0.25, 0.3) is 0 Å². The number of rotatable bonds is 3. The zero-order valence-corrected chi connectivity index (χ0v) is 12.5. The van der Waals surface area contributed by atoms with Crippen LogP contribution in [0.1, 0.15) is 17.8 Å². The van der Waals surface area contributed by atoms with Gasteiger partial charge in [0, 0.05) is 10.9 Å². The normalized spacial score (nSPS) is 12.5. The van der Waals surface area contributed by atoms with Gasteiger partial charge in [0.2, 0.25) is 0 Å². The Morgan fingerprint density at radius 2 is 2.00 bits per heavy atom. The van der Waals surface area contributed by atoms with Crippen LogP contribution in [0, 0.1) is 11.6 Å². The van der Waals surface area contributed by atoms with Gasteiger partial charge in [0.1, 0.15) is 11.6 Å². The molecule has 1 aromatic carbocycles.